The van der Waals surface area contributed by atoms with E-state index in [9.17, 15) is 0 Å². The molecule has 68 valence electrons. The average molecular weight is 173 g/mol. The Labute approximate surface area is 79.2 Å². The highest BCUT2D eigenvalue weighted by molar-refractivity contribution is 5.51. The van der Waals surface area contributed by atoms with Gasteiger partial charge in [0.1, 0.15) is 0 Å². The minimum Gasteiger partial charge on any atom is -0.384 e. The zero-order chi connectivity index (χ0) is 8.67. The van der Waals surface area contributed by atoms with Gasteiger partial charge in [-0.25, -0.2) is 0 Å². The van der Waals surface area contributed by atoms with Crippen molar-refractivity contribution >= 4 is 0 Å². The van der Waals surface area contributed by atoms with Crippen molar-refractivity contribution < 1.29 is 0 Å². The number of rotatable bonds is 0. The van der Waals surface area contributed by atoms with Crippen LogP contribution in [0.3, 0.4) is 0 Å². The van der Waals surface area contributed by atoms with Gasteiger partial charge >= 0.3 is 0 Å². The van der Waals surface area contributed by atoms with Crippen LogP contribution >= 0.6 is 0 Å². The molecule has 1 heteroatoms. The molecule has 0 unspecified atom stereocenters. The fraction of sp³-hybridized carbons (Fsp3) is 0.500. The summed E-state index contributed by atoms with van der Waals surface area (Å²) in [4.78, 5) is 0. The van der Waals surface area contributed by atoms with Crippen molar-refractivity contribution in [2.24, 2.45) is 0 Å². The van der Waals surface area contributed by atoms with E-state index in [1.165, 1.54) is 43.4 Å². The van der Waals surface area contributed by atoms with E-state index in [0.717, 1.165) is 6.54 Å². The monoisotopic (exact) mass is 173 g/mol. The first-order chi connectivity index (χ1) is 6.45. The minimum absolute atomic E-state index is 1.16. The first-order valence-corrected chi connectivity index (χ1v) is 5.30. The Balaban J connectivity index is 2.06. The molecule has 2 aliphatic carbocycles. The second kappa shape index (κ2) is 2.76. The summed E-state index contributed by atoms with van der Waals surface area (Å²) in [6.45, 7) is 1.16. The van der Waals surface area contributed by atoms with E-state index in [1.807, 2.05) is 0 Å². The Morgan fingerprint density at radius 3 is 2.92 bits per heavy atom. The first-order valence-electron chi connectivity index (χ1n) is 5.30. The third-order valence-corrected chi connectivity index (χ3v) is 3.36. The summed E-state index contributed by atoms with van der Waals surface area (Å²) in [5, 5.41) is 3.53. The van der Waals surface area contributed by atoms with Crippen LogP contribution in [-0.4, -0.2) is 6.54 Å². The normalized spacial score (nSPS) is 25.8. The van der Waals surface area contributed by atoms with Gasteiger partial charge in [0, 0.05) is 12.2 Å². The molecular weight excluding hydrogens is 158 g/mol. The average Bonchev–Trinajstić information content (AvgIpc) is 2.65. The second-order valence-electron chi connectivity index (χ2n) is 4.11. The Morgan fingerprint density at radius 1 is 1.00 bits per heavy atom. The topological polar surface area (TPSA) is 12.0 Å². The largest absolute Gasteiger partial charge is 0.384 e. The molecule has 0 amide bonds. The van der Waals surface area contributed by atoms with Crippen LogP contribution < -0.4 is 5.32 Å². The molecule has 0 aromatic carbocycles. The second-order valence-corrected chi connectivity index (χ2v) is 4.11. The van der Waals surface area contributed by atoms with Gasteiger partial charge in [-0.3, -0.25) is 0 Å². The van der Waals surface area contributed by atoms with Crippen LogP contribution in [-0.2, 0) is 0 Å². The van der Waals surface area contributed by atoms with E-state index in [0.29, 0.717) is 0 Å². The lowest BCUT2D eigenvalue weighted by atomic mass is 9.85. The Bertz CT molecular complexity index is 331. The van der Waals surface area contributed by atoms with Gasteiger partial charge in [-0.15, -0.1) is 0 Å². The summed E-state index contributed by atoms with van der Waals surface area (Å²) in [7, 11) is 0. The molecule has 13 heavy (non-hydrogen) atoms. The summed E-state index contributed by atoms with van der Waals surface area (Å²) >= 11 is 0. The number of nitrogens with one attached hydrogen (secondary N) is 1. The molecule has 0 saturated carbocycles. The van der Waals surface area contributed by atoms with Crippen LogP contribution in [0.15, 0.2) is 34.6 Å². The van der Waals surface area contributed by atoms with Crippen LogP contribution in [0.4, 0.5) is 0 Å². The van der Waals surface area contributed by atoms with Gasteiger partial charge in [-0.05, 0) is 43.3 Å². The molecule has 1 heterocycles. The highest BCUT2D eigenvalue weighted by Crippen LogP contribution is 2.37. The number of hydrogen-bond donors (Lipinski definition) is 1. The highest BCUT2D eigenvalue weighted by atomic mass is 14.9. The van der Waals surface area contributed by atoms with E-state index in [-0.39, 0.29) is 0 Å². The molecule has 0 bridgehead atoms. The van der Waals surface area contributed by atoms with E-state index in [1.54, 1.807) is 11.1 Å². The molecule has 0 fully saturated rings. The summed E-state index contributed by atoms with van der Waals surface area (Å²) in [5.41, 5.74) is 6.38. The fourth-order valence-electron chi connectivity index (χ4n) is 2.66. The quantitative estimate of drug-likeness (QED) is 0.594. The Kier molecular flexibility index (Phi) is 1.58. The van der Waals surface area contributed by atoms with Crippen LogP contribution in [0.2, 0.25) is 0 Å². The molecule has 0 atom stereocenters. The third-order valence-electron chi connectivity index (χ3n) is 3.36. The van der Waals surface area contributed by atoms with Crippen molar-refractivity contribution in [3.63, 3.8) is 0 Å². The van der Waals surface area contributed by atoms with Gasteiger partial charge in [0.25, 0.3) is 0 Å². The molecule has 1 nitrogen and oxygen atoms in total. The minimum atomic E-state index is 1.16. The number of allylic oxidation sites excluding steroid dienone is 3. The maximum atomic E-state index is 3.53. The molecule has 3 aliphatic rings. The Hall–Kier alpha value is -0.980. The van der Waals surface area contributed by atoms with Crippen molar-refractivity contribution in [3.05, 3.63) is 34.6 Å². The Morgan fingerprint density at radius 2 is 1.92 bits per heavy atom. The standard InChI is InChI=1S/C12H15N/c1-2-4-11-9(3-1)5-6-10-7-8-13-12(10)11/h2,4,13H,1,3,5-8H2. The fourth-order valence-corrected chi connectivity index (χ4v) is 2.66. The van der Waals surface area contributed by atoms with Crippen LogP contribution in [0.25, 0.3) is 0 Å². The molecule has 1 N–H and O–H groups in total. The molecule has 1 aliphatic heterocycles. The van der Waals surface area contributed by atoms with Crippen molar-refractivity contribution in [2.75, 3.05) is 6.54 Å². The lowest BCUT2D eigenvalue weighted by Crippen LogP contribution is -2.13. The molecule has 0 aromatic heterocycles. The van der Waals surface area contributed by atoms with E-state index in [4.69, 9.17) is 0 Å². The van der Waals surface area contributed by atoms with E-state index >= 15 is 0 Å². The predicted molar refractivity (Wildman–Crippen MR) is 54.3 cm³/mol. The maximum Gasteiger partial charge on any atom is 0.0406 e. The van der Waals surface area contributed by atoms with Crippen LogP contribution in [0.5, 0.6) is 0 Å². The number of hydrogen-bond acceptors (Lipinski definition) is 1. The molecule has 0 saturated heterocycles. The van der Waals surface area contributed by atoms with Gasteiger partial charge in [-0.2, -0.15) is 0 Å². The predicted octanol–water partition coefficient (Wildman–Crippen LogP) is 2.67. The highest BCUT2D eigenvalue weighted by Gasteiger charge is 2.23. The number of fused-ring (bicyclic) bond motifs is 1. The van der Waals surface area contributed by atoms with E-state index < -0.39 is 0 Å². The first kappa shape index (κ1) is 7.43. The maximum absolute atomic E-state index is 3.53. The van der Waals surface area contributed by atoms with Gasteiger partial charge < -0.3 is 5.32 Å². The van der Waals surface area contributed by atoms with Crippen LogP contribution in [0, 0.1) is 0 Å². The van der Waals surface area contributed by atoms with Crippen LogP contribution in [0.1, 0.15) is 32.1 Å². The van der Waals surface area contributed by atoms with Crippen molar-refractivity contribution in [1.29, 1.82) is 0 Å². The molecular formula is C12H15N. The molecule has 0 radical (unpaired) electrons. The summed E-state index contributed by atoms with van der Waals surface area (Å²) in [6.07, 6.45) is 11.1. The lowest BCUT2D eigenvalue weighted by Gasteiger charge is -2.23. The molecule has 3 rings (SSSR count). The van der Waals surface area contributed by atoms with Crippen molar-refractivity contribution in [2.45, 2.75) is 32.1 Å². The van der Waals surface area contributed by atoms with Gasteiger partial charge in [0.2, 0.25) is 0 Å². The zero-order valence-electron chi connectivity index (χ0n) is 7.90. The molecule has 0 aromatic rings. The third kappa shape index (κ3) is 1.06. The summed E-state index contributed by atoms with van der Waals surface area (Å²) in [5.74, 6) is 0. The zero-order valence-corrected chi connectivity index (χ0v) is 7.90. The summed E-state index contributed by atoms with van der Waals surface area (Å²) in [6, 6.07) is 0. The SMILES string of the molecule is C1=CC2=C(CC1)CCC1=C2NCC1. The summed E-state index contributed by atoms with van der Waals surface area (Å²) < 4.78 is 0. The van der Waals surface area contributed by atoms with Gasteiger partial charge in [0.05, 0.1) is 0 Å². The van der Waals surface area contributed by atoms with Crippen molar-refractivity contribution in [1.82, 2.24) is 5.32 Å². The van der Waals surface area contributed by atoms with E-state index in [2.05, 4.69) is 17.5 Å². The molecule has 0 spiro atoms. The van der Waals surface area contributed by atoms with Crippen molar-refractivity contribution in [3.8, 4) is 0 Å². The lowest BCUT2D eigenvalue weighted by molar-refractivity contribution is 0.786. The smallest absolute Gasteiger partial charge is 0.0406 e. The van der Waals surface area contributed by atoms with Gasteiger partial charge in [0.15, 0.2) is 0 Å². The van der Waals surface area contributed by atoms with Gasteiger partial charge in [-0.1, -0.05) is 17.7 Å².